The topological polar surface area (TPSA) is 62.9 Å². The lowest BCUT2D eigenvalue weighted by atomic mass is 9.92. The lowest BCUT2D eigenvalue weighted by Crippen LogP contribution is -2.41. The second-order valence-electron chi connectivity index (χ2n) is 3.11. The van der Waals surface area contributed by atoms with E-state index in [4.69, 9.17) is 20.1 Å². The molecule has 0 saturated carbocycles. The molecule has 5 nitrogen and oxygen atoms in total. The molecule has 0 aromatic carbocycles. The molecule has 5 heteroatoms. The summed E-state index contributed by atoms with van der Waals surface area (Å²) in [6.07, 6.45) is 0. The first-order valence-electron chi connectivity index (χ1n) is 4.03. The van der Waals surface area contributed by atoms with Crippen molar-refractivity contribution in [3.8, 4) is 0 Å². The van der Waals surface area contributed by atoms with Gasteiger partial charge in [-0.15, -0.1) is 0 Å². The van der Waals surface area contributed by atoms with Crippen LogP contribution in [0.5, 0.6) is 0 Å². The van der Waals surface area contributed by atoms with Gasteiger partial charge in [0, 0.05) is 21.3 Å². The van der Waals surface area contributed by atoms with E-state index < -0.39 is 0 Å². The molecule has 0 amide bonds. The molecule has 0 rings (SSSR count). The van der Waals surface area contributed by atoms with Crippen molar-refractivity contribution in [3.05, 3.63) is 0 Å². The molecule has 0 aromatic rings. The van der Waals surface area contributed by atoms with Crippen LogP contribution >= 0.6 is 0 Å². The van der Waals surface area contributed by atoms with E-state index in [0.717, 1.165) is 0 Å². The van der Waals surface area contributed by atoms with Gasteiger partial charge in [-0.25, -0.2) is 5.90 Å². The van der Waals surface area contributed by atoms with Crippen LogP contribution in [0.2, 0.25) is 0 Å². The summed E-state index contributed by atoms with van der Waals surface area (Å²) in [6, 6.07) is 0. The number of methoxy groups -OCH3 is 3. The van der Waals surface area contributed by atoms with Gasteiger partial charge < -0.3 is 19.0 Å². The molecule has 0 aromatic heterocycles. The molecule has 0 radical (unpaired) electrons. The van der Waals surface area contributed by atoms with E-state index in [2.05, 4.69) is 4.84 Å². The van der Waals surface area contributed by atoms with Crippen LogP contribution in [0.25, 0.3) is 0 Å². The van der Waals surface area contributed by atoms with Gasteiger partial charge in [-0.1, -0.05) is 0 Å². The maximum absolute atomic E-state index is 5.07. The van der Waals surface area contributed by atoms with E-state index >= 15 is 0 Å². The second-order valence-corrected chi connectivity index (χ2v) is 3.11. The molecule has 0 bridgehead atoms. The van der Waals surface area contributed by atoms with Gasteiger partial charge in [-0.3, -0.25) is 0 Å². The summed E-state index contributed by atoms with van der Waals surface area (Å²) >= 11 is 0. The average Bonchev–Trinajstić information content (AvgIpc) is 2.06. The Morgan fingerprint density at radius 3 is 1.46 bits per heavy atom. The molecular weight excluding hydrogens is 174 g/mol. The van der Waals surface area contributed by atoms with Gasteiger partial charge in [-0.05, 0) is 0 Å². The second kappa shape index (κ2) is 7.23. The van der Waals surface area contributed by atoms with Crippen LogP contribution in [0.3, 0.4) is 0 Å². The Morgan fingerprint density at radius 2 is 1.23 bits per heavy atom. The van der Waals surface area contributed by atoms with Crippen LogP contribution in [0.1, 0.15) is 0 Å². The molecule has 0 aliphatic rings. The van der Waals surface area contributed by atoms with Crippen molar-refractivity contribution in [2.24, 2.45) is 11.3 Å². The third-order valence-corrected chi connectivity index (χ3v) is 1.74. The van der Waals surface area contributed by atoms with E-state index in [1.165, 1.54) is 0 Å². The Kier molecular flexibility index (Phi) is 7.12. The van der Waals surface area contributed by atoms with Gasteiger partial charge in [0.05, 0.1) is 31.8 Å². The summed E-state index contributed by atoms with van der Waals surface area (Å²) in [5.74, 6) is 5.04. The van der Waals surface area contributed by atoms with E-state index in [0.29, 0.717) is 26.4 Å². The number of rotatable bonds is 8. The predicted molar refractivity (Wildman–Crippen MR) is 48.2 cm³/mol. The predicted octanol–water partition coefficient (Wildman–Crippen LogP) is -0.198. The van der Waals surface area contributed by atoms with E-state index in [9.17, 15) is 0 Å². The maximum Gasteiger partial charge on any atom is 0.0802 e. The Labute approximate surface area is 79.0 Å². The lowest BCUT2D eigenvalue weighted by Gasteiger charge is -2.30. The van der Waals surface area contributed by atoms with Crippen molar-refractivity contribution in [2.45, 2.75) is 0 Å². The summed E-state index contributed by atoms with van der Waals surface area (Å²) in [5, 5.41) is 0. The molecule has 0 aliphatic carbocycles. The number of hydrogen-bond acceptors (Lipinski definition) is 5. The smallest absolute Gasteiger partial charge is 0.0802 e. The molecule has 0 fully saturated rings. The fourth-order valence-corrected chi connectivity index (χ4v) is 1.35. The van der Waals surface area contributed by atoms with Crippen molar-refractivity contribution < 1.29 is 19.0 Å². The quantitative estimate of drug-likeness (QED) is 0.541. The fourth-order valence-electron chi connectivity index (χ4n) is 1.35. The SMILES string of the molecule is COCC(COC)(COC)CON. The summed E-state index contributed by atoms with van der Waals surface area (Å²) in [4.78, 5) is 4.62. The van der Waals surface area contributed by atoms with Crippen LogP contribution in [-0.2, 0) is 19.0 Å². The minimum absolute atomic E-state index is 0.312. The first kappa shape index (κ1) is 12.8. The highest BCUT2D eigenvalue weighted by atomic mass is 16.6. The molecule has 0 unspecified atom stereocenters. The van der Waals surface area contributed by atoms with Crippen LogP contribution in [-0.4, -0.2) is 47.8 Å². The van der Waals surface area contributed by atoms with Gasteiger partial charge in [0.2, 0.25) is 0 Å². The Bertz CT molecular complexity index is 91.2. The Morgan fingerprint density at radius 1 is 0.846 bits per heavy atom. The molecule has 80 valence electrons. The number of hydrogen-bond donors (Lipinski definition) is 1. The molecule has 2 N–H and O–H groups in total. The Hall–Kier alpha value is -0.200. The van der Waals surface area contributed by atoms with Crippen LogP contribution in [0.15, 0.2) is 0 Å². The van der Waals surface area contributed by atoms with Crippen molar-refractivity contribution in [2.75, 3.05) is 47.8 Å². The van der Waals surface area contributed by atoms with Gasteiger partial charge in [0.15, 0.2) is 0 Å². The van der Waals surface area contributed by atoms with Crippen molar-refractivity contribution in [1.29, 1.82) is 0 Å². The molecule has 13 heavy (non-hydrogen) atoms. The minimum Gasteiger partial charge on any atom is -0.384 e. The van der Waals surface area contributed by atoms with Crippen molar-refractivity contribution in [1.82, 2.24) is 0 Å². The van der Waals surface area contributed by atoms with Gasteiger partial charge >= 0.3 is 0 Å². The lowest BCUT2D eigenvalue weighted by molar-refractivity contribution is -0.0856. The molecule has 0 saturated heterocycles. The van der Waals surface area contributed by atoms with Gasteiger partial charge in [0.25, 0.3) is 0 Å². The summed E-state index contributed by atoms with van der Waals surface area (Å²) in [5.41, 5.74) is -0.312. The zero-order chi connectivity index (χ0) is 10.2. The van der Waals surface area contributed by atoms with Crippen LogP contribution < -0.4 is 5.90 Å². The van der Waals surface area contributed by atoms with Crippen molar-refractivity contribution >= 4 is 0 Å². The first-order chi connectivity index (χ1) is 6.24. The third kappa shape index (κ3) is 4.54. The highest BCUT2D eigenvalue weighted by Crippen LogP contribution is 2.18. The molecule has 0 aliphatic heterocycles. The molecule has 0 spiro atoms. The standard InChI is InChI=1S/C8H19NO4/c1-10-4-8(5-11-2,6-12-3)7-13-9/h4-7,9H2,1-3H3. The fraction of sp³-hybridized carbons (Fsp3) is 1.00. The normalized spacial score (nSPS) is 12.0. The van der Waals surface area contributed by atoms with Crippen LogP contribution in [0.4, 0.5) is 0 Å². The van der Waals surface area contributed by atoms with Gasteiger partial charge in [0.1, 0.15) is 0 Å². The van der Waals surface area contributed by atoms with E-state index in [1.807, 2.05) is 0 Å². The average molecular weight is 193 g/mol. The summed E-state index contributed by atoms with van der Waals surface area (Å²) in [6.45, 7) is 1.83. The van der Waals surface area contributed by atoms with Gasteiger partial charge in [-0.2, -0.15) is 0 Å². The highest BCUT2D eigenvalue weighted by molar-refractivity contribution is 4.78. The Balaban J connectivity index is 4.19. The van der Waals surface area contributed by atoms with Crippen LogP contribution in [0, 0.1) is 5.41 Å². The first-order valence-corrected chi connectivity index (χ1v) is 4.03. The maximum atomic E-state index is 5.07. The largest absolute Gasteiger partial charge is 0.384 e. The van der Waals surface area contributed by atoms with Crippen molar-refractivity contribution in [3.63, 3.8) is 0 Å². The highest BCUT2D eigenvalue weighted by Gasteiger charge is 2.31. The number of nitrogens with two attached hydrogens (primary N) is 1. The zero-order valence-electron chi connectivity index (χ0n) is 8.54. The summed E-state index contributed by atoms with van der Waals surface area (Å²) in [7, 11) is 4.86. The van der Waals surface area contributed by atoms with E-state index in [-0.39, 0.29) is 5.41 Å². The molecular formula is C8H19NO4. The minimum atomic E-state index is -0.312. The number of ether oxygens (including phenoxy) is 3. The monoisotopic (exact) mass is 193 g/mol. The van der Waals surface area contributed by atoms with E-state index in [1.54, 1.807) is 21.3 Å². The summed E-state index contributed by atoms with van der Waals surface area (Å²) < 4.78 is 15.2. The molecule has 0 atom stereocenters. The third-order valence-electron chi connectivity index (χ3n) is 1.74. The zero-order valence-corrected chi connectivity index (χ0v) is 8.54. The molecule has 0 heterocycles.